The zero-order valence-electron chi connectivity index (χ0n) is 9.65. The maximum absolute atomic E-state index is 10.9. The molecular weight excluding hydrogens is 248 g/mol. The lowest BCUT2D eigenvalue weighted by molar-refractivity contribution is -0.144. The summed E-state index contributed by atoms with van der Waals surface area (Å²) in [6.45, 7) is 5.76. The number of hydrogen-bond acceptors (Lipinski definition) is 6. The third-order valence-corrected chi connectivity index (χ3v) is 3.94. The molecule has 0 N–H and O–H groups in total. The van der Waals surface area contributed by atoms with Crippen LogP contribution in [0.15, 0.2) is 12.3 Å². The summed E-state index contributed by atoms with van der Waals surface area (Å²) in [5.41, 5.74) is 1.21. The predicted molar refractivity (Wildman–Crippen MR) is 61.3 cm³/mol. The molecule has 0 fully saturated rings. The molecule has 0 spiro atoms. The van der Waals surface area contributed by atoms with Crippen LogP contribution in [0.5, 0.6) is 0 Å². The Hall–Kier alpha value is -0.966. The van der Waals surface area contributed by atoms with E-state index in [9.17, 15) is 9.59 Å². The Morgan fingerprint density at radius 1 is 1.31 bits per heavy atom. The number of ether oxygens (including phenoxy) is 1. The summed E-state index contributed by atoms with van der Waals surface area (Å²) in [5.74, 6) is -1.20. The van der Waals surface area contributed by atoms with Crippen molar-refractivity contribution in [3.05, 3.63) is 12.3 Å². The van der Waals surface area contributed by atoms with Gasteiger partial charge in [-0.05, 0) is 0 Å². The highest BCUT2D eigenvalue weighted by Gasteiger charge is 2.45. The molecule has 0 rings (SSSR count). The van der Waals surface area contributed by atoms with E-state index >= 15 is 0 Å². The van der Waals surface area contributed by atoms with Crippen LogP contribution in [0.2, 0.25) is 0 Å². The highest BCUT2D eigenvalue weighted by atomic mass is 28.4. The molecule has 0 amide bonds. The molecule has 0 aliphatic rings. The topological polar surface area (TPSA) is 71.1 Å². The van der Waals surface area contributed by atoms with E-state index in [0.29, 0.717) is 6.23 Å². The zero-order chi connectivity index (χ0) is 12.6. The second-order valence-corrected chi connectivity index (χ2v) is 5.64. The minimum atomic E-state index is -3.48. The molecule has 16 heavy (non-hydrogen) atoms. The van der Waals surface area contributed by atoms with E-state index in [-0.39, 0.29) is 6.79 Å². The first kappa shape index (κ1) is 15.0. The monoisotopic (exact) mass is 264 g/mol. The fourth-order valence-electron chi connectivity index (χ4n) is 0.830. The molecule has 6 nitrogen and oxygen atoms in total. The molecule has 0 aromatic carbocycles. The van der Waals surface area contributed by atoms with E-state index in [0.717, 1.165) is 10.2 Å². The summed E-state index contributed by atoms with van der Waals surface area (Å²) >= 11 is 0. The van der Waals surface area contributed by atoms with Gasteiger partial charge in [-0.1, -0.05) is 6.58 Å². The summed E-state index contributed by atoms with van der Waals surface area (Å²) in [6, 6.07) is 0. The van der Waals surface area contributed by atoms with E-state index in [2.05, 4.69) is 6.58 Å². The summed E-state index contributed by atoms with van der Waals surface area (Å²) in [6.07, 6.45) is 0.571. The Kier molecular flexibility index (Phi) is 6.89. The van der Waals surface area contributed by atoms with Gasteiger partial charge in [-0.2, -0.15) is 0 Å². The van der Waals surface area contributed by atoms with Crippen molar-refractivity contribution < 1.29 is 27.6 Å². The average Bonchev–Trinajstić information content (AvgIpc) is 2.16. The van der Waals surface area contributed by atoms with Gasteiger partial charge in [-0.15, -0.1) is 0 Å². The van der Waals surface area contributed by atoms with Crippen molar-refractivity contribution in [1.29, 1.82) is 0 Å². The molecule has 0 heterocycles. The van der Waals surface area contributed by atoms with Gasteiger partial charge in [0.05, 0.1) is 0 Å². The molecule has 0 aliphatic carbocycles. The number of rotatable bonds is 7. The summed E-state index contributed by atoms with van der Waals surface area (Å²) in [4.78, 5) is 21.8. The third-order valence-electron chi connectivity index (χ3n) is 1.37. The van der Waals surface area contributed by atoms with Crippen LogP contribution in [0.4, 0.5) is 0 Å². The minimum absolute atomic E-state index is 0.0949. The lowest BCUT2D eigenvalue weighted by atomic mass is 10.9. The lowest BCUT2D eigenvalue weighted by Crippen LogP contribution is -2.47. The van der Waals surface area contributed by atoms with Crippen LogP contribution in [0.3, 0.4) is 0 Å². The minimum Gasteiger partial charge on any atom is -0.461 e. The highest BCUT2D eigenvalue weighted by Crippen LogP contribution is 2.12. The van der Waals surface area contributed by atoms with Crippen LogP contribution >= 0.6 is 0 Å². The summed E-state index contributed by atoms with van der Waals surface area (Å²) in [5, 5.41) is 0. The average molecular weight is 264 g/mol. The largest absolute Gasteiger partial charge is 0.666 e. The van der Waals surface area contributed by atoms with Crippen LogP contribution in [0.1, 0.15) is 13.8 Å². The molecule has 0 saturated heterocycles. The van der Waals surface area contributed by atoms with Gasteiger partial charge in [0.2, 0.25) is 0 Å². The van der Waals surface area contributed by atoms with E-state index in [1.807, 2.05) is 0 Å². The first-order valence-corrected chi connectivity index (χ1v) is 7.92. The highest BCUT2D eigenvalue weighted by molar-refractivity contribution is 6.69. The molecule has 0 aromatic rings. The molecular formula is C8H16O6Si2. The fourth-order valence-corrected chi connectivity index (χ4v) is 2.49. The van der Waals surface area contributed by atoms with E-state index in [1.165, 1.54) is 19.5 Å². The van der Waals surface area contributed by atoms with Gasteiger partial charge in [0.1, 0.15) is 6.79 Å². The van der Waals surface area contributed by atoms with Crippen molar-refractivity contribution in [2.75, 3.05) is 13.0 Å². The Morgan fingerprint density at radius 3 is 2.12 bits per heavy atom. The van der Waals surface area contributed by atoms with Crippen LogP contribution in [-0.4, -0.2) is 44.0 Å². The van der Waals surface area contributed by atoms with Crippen molar-refractivity contribution in [3.63, 3.8) is 0 Å². The maximum Gasteiger partial charge on any atom is 0.666 e. The normalized spacial score (nSPS) is 10.9. The molecule has 0 radical (unpaired) electrons. The van der Waals surface area contributed by atoms with Gasteiger partial charge in [-0.25, -0.2) is 0 Å². The van der Waals surface area contributed by atoms with Crippen LogP contribution in [-0.2, 0) is 27.6 Å². The number of carbonyl (C=O) groups is 2. The second kappa shape index (κ2) is 7.33. The Balaban J connectivity index is 4.59. The van der Waals surface area contributed by atoms with Gasteiger partial charge >= 0.3 is 8.80 Å². The van der Waals surface area contributed by atoms with Crippen LogP contribution < -0.4 is 0 Å². The van der Waals surface area contributed by atoms with Gasteiger partial charge in [-0.3, -0.25) is 9.59 Å². The molecule has 0 unspecified atom stereocenters. The van der Waals surface area contributed by atoms with Gasteiger partial charge < -0.3 is 18.0 Å². The zero-order valence-corrected chi connectivity index (χ0v) is 12.6. The fraction of sp³-hybridized carbons (Fsp3) is 0.500. The van der Waals surface area contributed by atoms with E-state index in [4.69, 9.17) is 18.0 Å². The van der Waals surface area contributed by atoms with Crippen molar-refractivity contribution in [3.8, 4) is 0 Å². The maximum atomic E-state index is 10.9. The second-order valence-electron chi connectivity index (χ2n) is 2.75. The van der Waals surface area contributed by atoms with Crippen LogP contribution in [0.25, 0.3) is 0 Å². The number of carbonyl (C=O) groups excluding carboxylic acids is 2. The standard InChI is InChI=1S/C8H16O6Si2/c1-4-16(13-7(2)9,14-8(3)10)12-5-11-6-15/h4H,1,5-6H2,2-3,15H3. The molecule has 0 atom stereocenters. The SMILES string of the molecule is C=C[Si](OCOC[SiH3])(OC(C)=O)OC(C)=O. The molecule has 8 heteroatoms. The molecule has 0 aliphatic heterocycles. The van der Waals surface area contributed by atoms with Gasteiger partial charge in [0.25, 0.3) is 11.9 Å². The summed E-state index contributed by atoms with van der Waals surface area (Å²) < 4.78 is 20.0. The van der Waals surface area contributed by atoms with E-state index in [1.54, 1.807) is 0 Å². The summed E-state index contributed by atoms with van der Waals surface area (Å²) in [7, 11) is -2.62. The molecule has 0 aromatic heterocycles. The first-order chi connectivity index (χ1) is 7.45. The van der Waals surface area contributed by atoms with Gasteiger partial charge in [0.15, 0.2) is 0 Å². The number of hydrogen-bond donors (Lipinski definition) is 0. The van der Waals surface area contributed by atoms with Crippen molar-refractivity contribution in [1.82, 2.24) is 0 Å². The third kappa shape index (κ3) is 5.80. The molecule has 0 bridgehead atoms. The smallest absolute Gasteiger partial charge is 0.461 e. The predicted octanol–water partition coefficient (Wildman–Crippen LogP) is -0.910. The molecule has 0 saturated carbocycles. The van der Waals surface area contributed by atoms with E-state index < -0.39 is 20.7 Å². The lowest BCUT2D eigenvalue weighted by Gasteiger charge is -2.23. The Bertz CT molecular complexity index is 251. The molecule has 92 valence electrons. The van der Waals surface area contributed by atoms with Crippen molar-refractivity contribution >= 4 is 31.0 Å². The Morgan fingerprint density at radius 2 is 1.81 bits per heavy atom. The van der Waals surface area contributed by atoms with Gasteiger partial charge in [0, 0.05) is 36.0 Å². The Labute approximate surface area is 98.3 Å². The van der Waals surface area contributed by atoms with Crippen molar-refractivity contribution in [2.24, 2.45) is 0 Å². The van der Waals surface area contributed by atoms with Crippen molar-refractivity contribution in [2.45, 2.75) is 13.8 Å². The van der Waals surface area contributed by atoms with Crippen LogP contribution in [0, 0.1) is 0 Å². The first-order valence-electron chi connectivity index (χ1n) is 4.70. The quantitative estimate of drug-likeness (QED) is 0.337.